The van der Waals surface area contributed by atoms with Crippen LogP contribution in [0.5, 0.6) is 6.01 Å². The molecule has 4 nitrogen and oxygen atoms in total. The van der Waals surface area contributed by atoms with Gasteiger partial charge in [0.15, 0.2) is 0 Å². The van der Waals surface area contributed by atoms with E-state index >= 15 is 0 Å². The number of pyridine rings is 1. The molecule has 1 saturated carbocycles. The minimum atomic E-state index is 0.578. The lowest BCUT2D eigenvalue weighted by molar-refractivity contribution is 0.309. The molecule has 5 rings (SSSR count). The minimum absolute atomic E-state index is 0.578. The van der Waals surface area contributed by atoms with Gasteiger partial charge in [-0.25, -0.2) is 0 Å². The van der Waals surface area contributed by atoms with Gasteiger partial charge in [-0.1, -0.05) is 30.3 Å². The molecule has 2 aromatic carbocycles. The molecule has 0 N–H and O–H groups in total. The molecule has 0 unspecified atom stereocenters. The summed E-state index contributed by atoms with van der Waals surface area (Å²) in [5, 5.41) is 2.57. The SMILES string of the molecule is CCOc1nc2cnccc2n1-c1ccc(C2CC2)c2ccccc12. The minimum Gasteiger partial charge on any atom is -0.465 e. The van der Waals surface area contributed by atoms with Gasteiger partial charge in [0.2, 0.25) is 0 Å². The lowest BCUT2D eigenvalue weighted by atomic mass is 9.99. The average molecular weight is 329 g/mol. The smallest absolute Gasteiger partial charge is 0.302 e. The molecular weight excluding hydrogens is 310 g/mol. The molecule has 1 aliphatic rings. The molecule has 0 amide bonds. The number of ether oxygens (including phenoxy) is 1. The van der Waals surface area contributed by atoms with Crippen LogP contribution in [-0.4, -0.2) is 21.1 Å². The van der Waals surface area contributed by atoms with Crippen LogP contribution in [0.4, 0.5) is 0 Å². The Bertz CT molecular complexity index is 1080. The Balaban J connectivity index is 1.83. The first kappa shape index (κ1) is 14.5. The number of rotatable bonds is 4. The van der Waals surface area contributed by atoms with Gasteiger partial charge in [0.1, 0.15) is 5.52 Å². The largest absolute Gasteiger partial charge is 0.465 e. The van der Waals surface area contributed by atoms with Crippen LogP contribution in [-0.2, 0) is 0 Å². The van der Waals surface area contributed by atoms with Gasteiger partial charge in [-0.3, -0.25) is 9.55 Å². The highest BCUT2D eigenvalue weighted by Crippen LogP contribution is 2.44. The fourth-order valence-corrected chi connectivity index (χ4v) is 3.62. The van der Waals surface area contributed by atoms with Crippen molar-refractivity contribution < 1.29 is 4.74 Å². The summed E-state index contributed by atoms with van der Waals surface area (Å²) >= 11 is 0. The Hall–Kier alpha value is -2.88. The first-order valence-electron chi connectivity index (χ1n) is 8.84. The average Bonchev–Trinajstić information content (AvgIpc) is 3.43. The number of nitrogens with zero attached hydrogens (tertiary/aromatic N) is 3. The molecule has 124 valence electrons. The van der Waals surface area contributed by atoms with E-state index in [-0.39, 0.29) is 0 Å². The van der Waals surface area contributed by atoms with Gasteiger partial charge < -0.3 is 4.74 Å². The molecule has 0 bridgehead atoms. The number of hydrogen-bond donors (Lipinski definition) is 0. The van der Waals surface area contributed by atoms with Gasteiger partial charge in [0.05, 0.1) is 24.0 Å². The van der Waals surface area contributed by atoms with Gasteiger partial charge in [0, 0.05) is 11.6 Å². The lowest BCUT2D eigenvalue weighted by Crippen LogP contribution is -2.03. The second-order valence-electron chi connectivity index (χ2n) is 6.52. The molecule has 1 fully saturated rings. The summed E-state index contributed by atoms with van der Waals surface area (Å²) in [6, 6.07) is 15.7. The maximum absolute atomic E-state index is 5.84. The van der Waals surface area contributed by atoms with Crippen LogP contribution in [0.3, 0.4) is 0 Å². The number of benzene rings is 2. The second kappa shape index (κ2) is 5.59. The number of hydrogen-bond acceptors (Lipinski definition) is 3. The van der Waals surface area contributed by atoms with Crippen molar-refractivity contribution in [3.8, 4) is 11.7 Å². The van der Waals surface area contributed by atoms with Crippen LogP contribution in [0, 0.1) is 0 Å². The second-order valence-corrected chi connectivity index (χ2v) is 6.52. The van der Waals surface area contributed by atoms with Gasteiger partial charge in [0.25, 0.3) is 0 Å². The van der Waals surface area contributed by atoms with E-state index in [1.807, 2.05) is 13.0 Å². The Kier molecular flexibility index (Phi) is 3.23. The van der Waals surface area contributed by atoms with Crippen LogP contribution in [0.15, 0.2) is 54.9 Å². The molecule has 0 saturated heterocycles. The molecule has 1 aliphatic carbocycles. The Morgan fingerprint density at radius 3 is 2.72 bits per heavy atom. The van der Waals surface area contributed by atoms with Gasteiger partial charge in [-0.15, -0.1) is 0 Å². The number of fused-ring (bicyclic) bond motifs is 2. The van der Waals surface area contributed by atoms with Crippen molar-refractivity contribution in [2.24, 2.45) is 0 Å². The summed E-state index contributed by atoms with van der Waals surface area (Å²) in [5.74, 6) is 0.717. The molecule has 2 heterocycles. The fraction of sp³-hybridized carbons (Fsp3) is 0.238. The summed E-state index contributed by atoms with van der Waals surface area (Å²) < 4.78 is 7.95. The van der Waals surface area contributed by atoms with Crippen LogP contribution in [0.25, 0.3) is 27.5 Å². The highest BCUT2D eigenvalue weighted by Gasteiger charge is 2.26. The van der Waals surface area contributed by atoms with Crippen molar-refractivity contribution in [3.63, 3.8) is 0 Å². The van der Waals surface area contributed by atoms with Crippen LogP contribution in [0.2, 0.25) is 0 Å². The highest BCUT2D eigenvalue weighted by molar-refractivity contribution is 5.95. The summed E-state index contributed by atoms with van der Waals surface area (Å²) in [6.45, 7) is 2.56. The van der Waals surface area contributed by atoms with Gasteiger partial charge >= 0.3 is 6.01 Å². The summed E-state index contributed by atoms with van der Waals surface area (Å²) in [5.41, 5.74) is 4.43. The molecule has 0 aliphatic heterocycles. The molecule has 4 aromatic rings. The maximum Gasteiger partial charge on any atom is 0.302 e. The van der Waals surface area contributed by atoms with E-state index in [0.29, 0.717) is 18.5 Å². The number of imidazole rings is 1. The zero-order valence-corrected chi connectivity index (χ0v) is 14.1. The first-order chi connectivity index (χ1) is 12.4. The van der Waals surface area contributed by atoms with Crippen molar-refractivity contribution in [2.45, 2.75) is 25.7 Å². The molecule has 4 heteroatoms. The molecule has 0 atom stereocenters. The highest BCUT2D eigenvalue weighted by atomic mass is 16.5. The van der Waals surface area contributed by atoms with E-state index in [4.69, 9.17) is 4.74 Å². The van der Waals surface area contributed by atoms with E-state index < -0.39 is 0 Å². The van der Waals surface area contributed by atoms with Crippen LogP contribution >= 0.6 is 0 Å². The van der Waals surface area contributed by atoms with Crippen LogP contribution in [0.1, 0.15) is 31.2 Å². The van der Waals surface area contributed by atoms with Gasteiger partial charge in [-0.2, -0.15) is 4.98 Å². The third kappa shape index (κ3) is 2.29. The zero-order chi connectivity index (χ0) is 16.8. The quantitative estimate of drug-likeness (QED) is 0.537. The topological polar surface area (TPSA) is 39.9 Å². The lowest BCUT2D eigenvalue weighted by Gasteiger charge is -2.14. The third-order valence-corrected chi connectivity index (χ3v) is 4.89. The summed E-state index contributed by atoms with van der Waals surface area (Å²) in [7, 11) is 0. The predicted octanol–water partition coefficient (Wildman–Crippen LogP) is 4.85. The van der Waals surface area contributed by atoms with E-state index in [1.165, 1.54) is 29.2 Å². The molecule has 0 radical (unpaired) electrons. The normalized spacial score (nSPS) is 14.3. The van der Waals surface area contributed by atoms with Crippen molar-refractivity contribution in [1.82, 2.24) is 14.5 Å². The Morgan fingerprint density at radius 2 is 1.92 bits per heavy atom. The molecule has 25 heavy (non-hydrogen) atoms. The van der Waals surface area contributed by atoms with Crippen molar-refractivity contribution in [3.05, 3.63) is 60.4 Å². The van der Waals surface area contributed by atoms with Crippen molar-refractivity contribution in [2.75, 3.05) is 6.61 Å². The third-order valence-electron chi connectivity index (χ3n) is 4.89. The monoisotopic (exact) mass is 329 g/mol. The summed E-state index contributed by atoms with van der Waals surface area (Å²) in [6.07, 6.45) is 6.19. The van der Waals surface area contributed by atoms with Gasteiger partial charge in [-0.05, 0) is 48.8 Å². The van der Waals surface area contributed by atoms with E-state index in [2.05, 4.69) is 50.9 Å². The molecular formula is C21H19N3O. The molecule has 0 spiro atoms. The Labute approximate surface area is 146 Å². The van der Waals surface area contributed by atoms with Crippen molar-refractivity contribution in [1.29, 1.82) is 0 Å². The zero-order valence-electron chi connectivity index (χ0n) is 14.1. The van der Waals surface area contributed by atoms with E-state index in [9.17, 15) is 0 Å². The molecule has 2 aromatic heterocycles. The maximum atomic E-state index is 5.84. The van der Waals surface area contributed by atoms with Crippen molar-refractivity contribution >= 4 is 21.8 Å². The summed E-state index contributed by atoms with van der Waals surface area (Å²) in [4.78, 5) is 8.83. The Morgan fingerprint density at radius 1 is 1.08 bits per heavy atom. The number of aromatic nitrogens is 3. The van der Waals surface area contributed by atoms with Crippen LogP contribution < -0.4 is 4.74 Å². The van der Waals surface area contributed by atoms with E-state index in [1.54, 1.807) is 12.4 Å². The fourth-order valence-electron chi connectivity index (χ4n) is 3.62. The standard InChI is InChI=1S/C21H19N3O/c1-2-25-21-23-18-13-22-12-11-20(18)24(21)19-10-9-15(14-7-8-14)16-5-3-4-6-17(16)19/h3-6,9-14H,2,7-8H2,1H3. The predicted molar refractivity (Wildman–Crippen MR) is 99.5 cm³/mol. The first-order valence-corrected chi connectivity index (χ1v) is 8.84. The van der Waals surface area contributed by atoms with E-state index in [0.717, 1.165) is 16.7 Å².